The standard InChI is InChI=1S/C13H16BrN3O/c1-9(2)16-6-5-13(18)17-12-4-3-11(14)7-10(12)8-15/h3-4,7,9,16H,5-6H2,1-2H3,(H,17,18). The van der Waals surface area contributed by atoms with Gasteiger partial charge in [0.05, 0.1) is 11.3 Å². The van der Waals surface area contributed by atoms with E-state index in [2.05, 4.69) is 32.6 Å². The van der Waals surface area contributed by atoms with Crippen molar-refractivity contribution in [3.05, 3.63) is 28.2 Å². The zero-order valence-electron chi connectivity index (χ0n) is 10.5. The number of carbonyl (C=O) groups is 1. The molecule has 0 spiro atoms. The van der Waals surface area contributed by atoms with E-state index in [1.54, 1.807) is 18.2 Å². The summed E-state index contributed by atoms with van der Waals surface area (Å²) in [5.41, 5.74) is 1.00. The summed E-state index contributed by atoms with van der Waals surface area (Å²) in [6.45, 7) is 4.68. The first-order valence-electron chi connectivity index (χ1n) is 5.76. The average Bonchev–Trinajstić information content (AvgIpc) is 2.31. The molecule has 0 aliphatic rings. The van der Waals surface area contributed by atoms with E-state index in [4.69, 9.17) is 5.26 Å². The summed E-state index contributed by atoms with van der Waals surface area (Å²) in [4.78, 5) is 11.7. The number of halogens is 1. The van der Waals surface area contributed by atoms with Crippen LogP contribution in [0.25, 0.3) is 0 Å². The summed E-state index contributed by atoms with van der Waals surface area (Å²) in [6.07, 6.45) is 0.388. The number of benzene rings is 1. The molecule has 0 unspecified atom stereocenters. The van der Waals surface area contributed by atoms with Gasteiger partial charge in [-0.25, -0.2) is 0 Å². The topological polar surface area (TPSA) is 64.9 Å². The zero-order chi connectivity index (χ0) is 13.5. The van der Waals surface area contributed by atoms with Gasteiger partial charge in [0.25, 0.3) is 0 Å². The van der Waals surface area contributed by atoms with Gasteiger partial charge in [0.1, 0.15) is 6.07 Å². The summed E-state index contributed by atoms with van der Waals surface area (Å²) < 4.78 is 0.818. The quantitative estimate of drug-likeness (QED) is 0.879. The highest BCUT2D eigenvalue weighted by atomic mass is 79.9. The molecule has 1 amide bonds. The van der Waals surface area contributed by atoms with Crippen molar-refractivity contribution in [1.29, 1.82) is 5.26 Å². The lowest BCUT2D eigenvalue weighted by atomic mass is 10.2. The molecular formula is C13H16BrN3O. The molecule has 18 heavy (non-hydrogen) atoms. The summed E-state index contributed by atoms with van der Waals surface area (Å²) in [5, 5.41) is 14.9. The molecule has 0 aromatic heterocycles. The summed E-state index contributed by atoms with van der Waals surface area (Å²) >= 11 is 3.29. The van der Waals surface area contributed by atoms with Gasteiger partial charge in [-0.3, -0.25) is 4.79 Å². The molecular weight excluding hydrogens is 294 g/mol. The van der Waals surface area contributed by atoms with Crippen LogP contribution in [0.2, 0.25) is 0 Å². The van der Waals surface area contributed by atoms with Crippen molar-refractivity contribution in [2.75, 3.05) is 11.9 Å². The maximum Gasteiger partial charge on any atom is 0.225 e. The minimum absolute atomic E-state index is 0.0954. The first-order valence-corrected chi connectivity index (χ1v) is 6.55. The molecule has 5 heteroatoms. The van der Waals surface area contributed by atoms with Crippen molar-refractivity contribution in [2.45, 2.75) is 26.3 Å². The van der Waals surface area contributed by atoms with Crippen LogP contribution in [0.1, 0.15) is 25.8 Å². The fourth-order valence-corrected chi connectivity index (χ4v) is 1.77. The summed E-state index contributed by atoms with van der Waals surface area (Å²) in [7, 11) is 0. The highest BCUT2D eigenvalue weighted by Crippen LogP contribution is 2.20. The maximum atomic E-state index is 11.7. The first-order chi connectivity index (χ1) is 8.52. The third-order valence-electron chi connectivity index (χ3n) is 2.28. The second-order valence-electron chi connectivity index (χ2n) is 4.21. The van der Waals surface area contributed by atoms with Gasteiger partial charge in [0, 0.05) is 23.5 Å². The molecule has 4 nitrogen and oxygen atoms in total. The maximum absolute atomic E-state index is 11.7. The predicted octanol–water partition coefficient (Wildman–Crippen LogP) is 2.65. The highest BCUT2D eigenvalue weighted by Gasteiger charge is 2.07. The van der Waals surface area contributed by atoms with Gasteiger partial charge in [-0.05, 0) is 18.2 Å². The Balaban J connectivity index is 2.57. The number of rotatable bonds is 5. The van der Waals surface area contributed by atoms with Crippen molar-refractivity contribution in [2.24, 2.45) is 0 Å². The lowest BCUT2D eigenvalue weighted by molar-refractivity contribution is -0.116. The normalized spacial score (nSPS) is 10.2. The monoisotopic (exact) mass is 309 g/mol. The molecule has 1 aromatic carbocycles. The van der Waals surface area contributed by atoms with Crippen molar-refractivity contribution < 1.29 is 4.79 Å². The molecule has 0 saturated heterocycles. The van der Waals surface area contributed by atoms with E-state index in [0.29, 0.717) is 30.3 Å². The van der Waals surface area contributed by atoms with Gasteiger partial charge < -0.3 is 10.6 Å². The van der Waals surface area contributed by atoms with Crippen LogP contribution < -0.4 is 10.6 Å². The van der Waals surface area contributed by atoms with E-state index >= 15 is 0 Å². The van der Waals surface area contributed by atoms with Crippen LogP contribution in [0.15, 0.2) is 22.7 Å². The molecule has 0 fully saturated rings. The molecule has 0 bridgehead atoms. The molecule has 0 radical (unpaired) electrons. The number of nitrogens with zero attached hydrogens (tertiary/aromatic N) is 1. The number of amides is 1. The number of anilines is 1. The summed E-state index contributed by atoms with van der Waals surface area (Å²) in [6, 6.07) is 7.61. The van der Waals surface area contributed by atoms with Crippen LogP contribution in [0.3, 0.4) is 0 Å². The Morgan fingerprint density at radius 3 is 2.83 bits per heavy atom. The number of hydrogen-bond donors (Lipinski definition) is 2. The van der Waals surface area contributed by atoms with E-state index in [9.17, 15) is 4.79 Å². The number of carbonyl (C=O) groups excluding carboxylic acids is 1. The SMILES string of the molecule is CC(C)NCCC(=O)Nc1ccc(Br)cc1C#N. The van der Waals surface area contributed by atoms with Crippen LogP contribution in [-0.2, 0) is 4.79 Å². The summed E-state index contributed by atoms with van der Waals surface area (Å²) in [5.74, 6) is -0.0954. The molecule has 0 heterocycles. The van der Waals surface area contributed by atoms with Gasteiger partial charge in [0.15, 0.2) is 0 Å². The molecule has 0 aliphatic heterocycles. The molecule has 0 atom stereocenters. The Bertz CT molecular complexity index is 466. The molecule has 0 aliphatic carbocycles. The fourth-order valence-electron chi connectivity index (χ4n) is 1.41. The second-order valence-corrected chi connectivity index (χ2v) is 5.12. The van der Waals surface area contributed by atoms with E-state index in [-0.39, 0.29) is 5.91 Å². The number of nitrogens with one attached hydrogen (secondary N) is 2. The Morgan fingerprint density at radius 1 is 1.50 bits per heavy atom. The smallest absolute Gasteiger partial charge is 0.225 e. The van der Waals surface area contributed by atoms with Crippen molar-refractivity contribution in [1.82, 2.24) is 5.32 Å². The second kappa shape index (κ2) is 7.14. The molecule has 2 N–H and O–H groups in total. The average molecular weight is 310 g/mol. The lowest BCUT2D eigenvalue weighted by Gasteiger charge is -2.09. The fraction of sp³-hybridized carbons (Fsp3) is 0.385. The van der Waals surface area contributed by atoms with E-state index in [1.807, 2.05) is 13.8 Å². The molecule has 1 aromatic rings. The first kappa shape index (κ1) is 14.7. The van der Waals surface area contributed by atoms with Crippen LogP contribution in [-0.4, -0.2) is 18.5 Å². The van der Waals surface area contributed by atoms with Crippen LogP contribution in [0.4, 0.5) is 5.69 Å². The minimum atomic E-state index is -0.0954. The number of hydrogen-bond acceptors (Lipinski definition) is 3. The van der Waals surface area contributed by atoms with Gasteiger partial charge in [-0.15, -0.1) is 0 Å². The minimum Gasteiger partial charge on any atom is -0.325 e. The van der Waals surface area contributed by atoms with Gasteiger partial charge in [-0.2, -0.15) is 5.26 Å². The van der Waals surface area contributed by atoms with E-state index in [0.717, 1.165) is 4.47 Å². The van der Waals surface area contributed by atoms with Crippen LogP contribution in [0.5, 0.6) is 0 Å². The molecule has 0 saturated carbocycles. The van der Waals surface area contributed by atoms with E-state index < -0.39 is 0 Å². The number of nitriles is 1. The lowest BCUT2D eigenvalue weighted by Crippen LogP contribution is -2.27. The van der Waals surface area contributed by atoms with Crippen LogP contribution >= 0.6 is 15.9 Å². The van der Waals surface area contributed by atoms with Gasteiger partial charge in [-0.1, -0.05) is 29.8 Å². The third kappa shape index (κ3) is 4.86. The Kier molecular flexibility index (Phi) is 5.83. The van der Waals surface area contributed by atoms with E-state index in [1.165, 1.54) is 0 Å². The van der Waals surface area contributed by atoms with Crippen molar-refractivity contribution >= 4 is 27.5 Å². The largest absolute Gasteiger partial charge is 0.325 e. The zero-order valence-corrected chi connectivity index (χ0v) is 12.0. The Labute approximate surface area is 116 Å². The highest BCUT2D eigenvalue weighted by molar-refractivity contribution is 9.10. The van der Waals surface area contributed by atoms with Gasteiger partial charge in [0.2, 0.25) is 5.91 Å². The molecule has 1 rings (SSSR count). The van der Waals surface area contributed by atoms with Crippen LogP contribution in [0, 0.1) is 11.3 Å². The molecule has 96 valence electrons. The third-order valence-corrected chi connectivity index (χ3v) is 2.77. The Morgan fingerprint density at radius 2 is 2.22 bits per heavy atom. The van der Waals surface area contributed by atoms with Crippen molar-refractivity contribution in [3.8, 4) is 6.07 Å². The van der Waals surface area contributed by atoms with Crippen molar-refractivity contribution in [3.63, 3.8) is 0 Å². The Hall–Kier alpha value is -1.38. The van der Waals surface area contributed by atoms with Gasteiger partial charge >= 0.3 is 0 Å². The predicted molar refractivity (Wildman–Crippen MR) is 75.2 cm³/mol.